The molecule has 0 spiro atoms. The molecule has 0 aliphatic carbocycles. The van der Waals surface area contributed by atoms with E-state index in [1.807, 2.05) is 31.2 Å². The lowest BCUT2D eigenvalue weighted by molar-refractivity contribution is 0.284. The van der Waals surface area contributed by atoms with Crippen molar-refractivity contribution >= 4 is 32.2 Å². The van der Waals surface area contributed by atoms with Gasteiger partial charge in [-0.1, -0.05) is 45.8 Å². The summed E-state index contributed by atoms with van der Waals surface area (Å²) in [5.41, 5.74) is 2.66. The molecule has 0 unspecified atom stereocenters. The molecule has 0 aromatic heterocycles. The average Bonchev–Trinajstić information content (AvgIpc) is 2.74. The van der Waals surface area contributed by atoms with E-state index in [0.29, 0.717) is 23.7 Å². The standard InChI is InChI=1S/C22H21BrN2O4S/c1-16-3-10-20(11-4-16)30(26,27)25-24-14-18-7-12-21(22(13-18)28-2)29-15-17-5-8-19(23)9-6-17/h3-14,25H,15H2,1-2H3/b24-14+. The summed E-state index contributed by atoms with van der Waals surface area (Å²) in [6, 6.07) is 19.6. The van der Waals surface area contributed by atoms with E-state index < -0.39 is 10.0 Å². The Morgan fingerprint density at radius 2 is 1.70 bits per heavy atom. The fourth-order valence-electron chi connectivity index (χ4n) is 2.57. The molecule has 30 heavy (non-hydrogen) atoms. The van der Waals surface area contributed by atoms with Crippen molar-refractivity contribution in [1.82, 2.24) is 4.83 Å². The van der Waals surface area contributed by atoms with E-state index in [9.17, 15) is 8.42 Å². The molecule has 3 aromatic rings. The van der Waals surface area contributed by atoms with Crippen molar-refractivity contribution in [2.24, 2.45) is 5.10 Å². The highest BCUT2D eigenvalue weighted by Gasteiger charge is 2.12. The normalized spacial score (nSPS) is 11.4. The second-order valence-corrected chi connectivity index (χ2v) is 9.07. The molecule has 0 heterocycles. The molecule has 0 atom stereocenters. The molecule has 0 fully saturated rings. The molecule has 6 nitrogen and oxygen atoms in total. The number of ether oxygens (including phenoxy) is 2. The van der Waals surface area contributed by atoms with Crippen LogP contribution < -0.4 is 14.3 Å². The number of hydrazone groups is 1. The summed E-state index contributed by atoms with van der Waals surface area (Å²) in [7, 11) is -2.18. The Hall–Kier alpha value is -2.84. The van der Waals surface area contributed by atoms with E-state index in [1.165, 1.54) is 18.3 Å². The number of halogens is 1. The fourth-order valence-corrected chi connectivity index (χ4v) is 3.62. The summed E-state index contributed by atoms with van der Waals surface area (Å²) in [4.78, 5) is 2.36. The van der Waals surface area contributed by atoms with Crippen LogP contribution >= 0.6 is 15.9 Å². The van der Waals surface area contributed by atoms with E-state index in [4.69, 9.17) is 9.47 Å². The largest absolute Gasteiger partial charge is 0.493 e. The number of methoxy groups -OCH3 is 1. The van der Waals surface area contributed by atoms with Crippen molar-refractivity contribution in [3.63, 3.8) is 0 Å². The lowest BCUT2D eigenvalue weighted by Crippen LogP contribution is -2.18. The summed E-state index contributed by atoms with van der Waals surface area (Å²) in [6.07, 6.45) is 1.41. The highest BCUT2D eigenvalue weighted by Crippen LogP contribution is 2.28. The molecule has 3 aromatic carbocycles. The second kappa shape index (κ2) is 9.77. The van der Waals surface area contributed by atoms with Crippen molar-refractivity contribution in [2.45, 2.75) is 18.4 Å². The smallest absolute Gasteiger partial charge is 0.276 e. The van der Waals surface area contributed by atoms with Gasteiger partial charge in [0.2, 0.25) is 0 Å². The molecule has 0 bridgehead atoms. The van der Waals surface area contributed by atoms with E-state index in [0.717, 1.165) is 15.6 Å². The number of rotatable bonds is 8. The van der Waals surface area contributed by atoms with Gasteiger partial charge in [-0.15, -0.1) is 0 Å². The number of nitrogens with one attached hydrogen (secondary N) is 1. The summed E-state index contributed by atoms with van der Waals surface area (Å²) in [5.74, 6) is 1.11. The van der Waals surface area contributed by atoms with Crippen LogP contribution in [0.4, 0.5) is 0 Å². The maximum atomic E-state index is 12.3. The lowest BCUT2D eigenvalue weighted by Gasteiger charge is -2.11. The zero-order valence-corrected chi connectivity index (χ0v) is 18.9. The van der Waals surface area contributed by atoms with Gasteiger partial charge in [0.05, 0.1) is 18.2 Å². The zero-order valence-electron chi connectivity index (χ0n) is 16.5. The van der Waals surface area contributed by atoms with Crippen LogP contribution in [0.5, 0.6) is 11.5 Å². The number of sulfonamides is 1. The first-order valence-electron chi connectivity index (χ1n) is 9.04. The predicted octanol–water partition coefficient (Wildman–Crippen LogP) is 4.66. The van der Waals surface area contributed by atoms with Gasteiger partial charge in [0.15, 0.2) is 11.5 Å². The van der Waals surface area contributed by atoms with Crippen LogP contribution in [0.1, 0.15) is 16.7 Å². The first kappa shape index (κ1) is 21.9. The van der Waals surface area contributed by atoms with Crippen LogP contribution in [-0.4, -0.2) is 21.7 Å². The highest BCUT2D eigenvalue weighted by molar-refractivity contribution is 9.10. The molecule has 0 aliphatic heterocycles. The van der Waals surface area contributed by atoms with Crippen molar-refractivity contribution in [1.29, 1.82) is 0 Å². The van der Waals surface area contributed by atoms with Crippen LogP contribution in [0.15, 0.2) is 81.2 Å². The number of aryl methyl sites for hydroxylation is 1. The zero-order chi connectivity index (χ0) is 21.6. The molecule has 156 valence electrons. The third-order valence-electron chi connectivity index (χ3n) is 4.21. The Bertz CT molecular complexity index is 1130. The van der Waals surface area contributed by atoms with Gasteiger partial charge >= 0.3 is 0 Å². The number of nitrogens with zero attached hydrogens (tertiary/aromatic N) is 1. The van der Waals surface area contributed by atoms with Crippen molar-refractivity contribution in [3.05, 3.63) is 87.9 Å². The highest BCUT2D eigenvalue weighted by atomic mass is 79.9. The molecule has 1 N–H and O–H groups in total. The van der Waals surface area contributed by atoms with Gasteiger partial charge < -0.3 is 9.47 Å². The molecular weight excluding hydrogens is 468 g/mol. The quantitative estimate of drug-likeness (QED) is 0.369. The Balaban J connectivity index is 1.66. The predicted molar refractivity (Wildman–Crippen MR) is 121 cm³/mol. The maximum absolute atomic E-state index is 12.3. The third-order valence-corrected chi connectivity index (χ3v) is 5.98. The van der Waals surface area contributed by atoms with E-state index >= 15 is 0 Å². The van der Waals surface area contributed by atoms with Gasteiger partial charge in [0.1, 0.15) is 6.61 Å². The van der Waals surface area contributed by atoms with Crippen LogP contribution in [0, 0.1) is 6.92 Å². The Morgan fingerprint density at radius 3 is 2.37 bits per heavy atom. The van der Waals surface area contributed by atoms with E-state index in [-0.39, 0.29) is 4.90 Å². The van der Waals surface area contributed by atoms with Crippen LogP contribution in [0.2, 0.25) is 0 Å². The topological polar surface area (TPSA) is 77.0 Å². The molecule has 3 rings (SSSR count). The minimum absolute atomic E-state index is 0.152. The number of hydrogen-bond acceptors (Lipinski definition) is 5. The van der Waals surface area contributed by atoms with Gasteiger partial charge in [-0.05, 0) is 60.5 Å². The third kappa shape index (κ3) is 5.84. The SMILES string of the molecule is COc1cc(/C=N/NS(=O)(=O)c2ccc(C)cc2)ccc1OCc1ccc(Br)cc1. The summed E-state index contributed by atoms with van der Waals surface area (Å²) >= 11 is 3.41. The van der Waals surface area contributed by atoms with Crippen molar-refractivity contribution < 1.29 is 17.9 Å². The van der Waals surface area contributed by atoms with Gasteiger partial charge in [0, 0.05) is 4.47 Å². The van der Waals surface area contributed by atoms with Gasteiger partial charge in [-0.25, -0.2) is 4.83 Å². The van der Waals surface area contributed by atoms with E-state index in [2.05, 4.69) is 25.9 Å². The minimum Gasteiger partial charge on any atom is -0.493 e. The maximum Gasteiger partial charge on any atom is 0.276 e. The molecule has 0 aliphatic rings. The van der Waals surface area contributed by atoms with E-state index in [1.54, 1.807) is 37.4 Å². The second-order valence-electron chi connectivity index (χ2n) is 6.49. The Kier molecular flexibility index (Phi) is 7.12. The van der Waals surface area contributed by atoms with Crippen LogP contribution in [0.25, 0.3) is 0 Å². The molecule has 0 saturated heterocycles. The lowest BCUT2D eigenvalue weighted by atomic mass is 10.2. The molecule has 0 saturated carbocycles. The minimum atomic E-state index is -3.72. The van der Waals surface area contributed by atoms with Gasteiger partial charge in [0.25, 0.3) is 10.0 Å². The van der Waals surface area contributed by atoms with Gasteiger partial charge in [-0.2, -0.15) is 13.5 Å². The van der Waals surface area contributed by atoms with Gasteiger partial charge in [-0.3, -0.25) is 0 Å². The molecular formula is C22H21BrN2O4S. The molecule has 0 radical (unpaired) electrons. The summed E-state index contributed by atoms with van der Waals surface area (Å²) in [6.45, 7) is 2.29. The Morgan fingerprint density at radius 1 is 1.00 bits per heavy atom. The number of benzene rings is 3. The Labute approximate surface area is 184 Å². The van der Waals surface area contributed by atoms with Crippen molar-refractivity contribution in [2.75, 3.05) is 7.11 Å². The first-order valence-corrected chi connectivity index (χ1v) is 11.3. The fraction of sp³-hybridized carbons (Fsp3) is 0.136. The monoisotopic (exact) mass is 488 g/mol. The molecule has 8 heteroatoms. The summed E-state index contributed by atoms with van der Waals surface area (Å²) in [5, 5.41) is 3.86. The summed E-state index contributed by atoms with van der Waals surface area (Å²) < 4.78 is 36.8. The molecule has 0 amide bonds. The van der Waals surface area contributed by atoms with Crippen LogP contribution in [-0.2, 0) is 16.6 Å². The van der Waals surface area contributed by atoms with Crippen LogP contribution in [0.3, 0.4) is 0 Å². The van der Waals surface area contributed by atoms with Crippen molar-refractivity contribution in [3.8, 4) is 11.5 Å². The average molecular weight is 489 g/mol. The first-order chi connectivity index (χ1) is 14.4. The number of hydrogen-bond donors (Lipinski definition) is 1.